The molecule has 1 atom stereocenters. The lowest BCUT2D eigenvalue weighted by Crippen LogP contribution is -1.82. The summed E-state index contributed by atoms with van der Waals surface area (Å²) in [5.74, 6) is 1.26. The van der Waals surface area contributed by atoms with E-state index in [0.717, 1.165) is 0 Å². The van der Waals surface area contributed by atoms with Gasteiger partial charge in [0.15, 0.2) is 0 Å². The van der Waals surface area contributed by atoms with Crippen molar-refractivity contribution in [3.8, 4) is 0 Å². The largest absolute Gasteiger partial charge is 0.366 e. The van der Waals surface area contributed by atoms with Gasteiger partial charge in [-0.1, -0.05) is 6.58 Å². The van der Waals surface area contributed by atoms with Gasteiger partial charge in [0.1, 0.15) is 4.87 Å². The Morgan fingerprint density at radius 3 is 2.50 bits per heavy atom. The lowest BCUT2D eigenvalue weighted by atomic mass is 10.5. The lowest BCUT2D eigenvalue weighted by Gasteiger charge is -1.56. The molecule has 0 aliphatic carbocycles. The molecule has 32 valence electrons. The second-order valence-electron chi connectivity index (χ2n) is 1.72. The highest BCUT2D eigenvalue weighted by molar-refractivity contribution is 8.08. The van der Waals surface area contributed by atoms with Crippen LogP contribution in [0.1, 0.15) is 0 Å². The summed E-state index contributed by atoms with van der Waals surface area (Å²) >= 11 is 1.93. The fourth-order valence-corrected chi connectivity index (χ4v) is 1.29. The molecule has 0 aromatic carbocycles. The fraction of sp³-hybridized carbons (Fsp3) is 0.500. The smallest absolute Gasteiger partial charge is 0.132 e. The van der Waals surface area contributed by atoms with Crippen molar-refractivity contribution in [3.63, 3.8) is 0 Å². The molecule has 2 aliphatic rings. The first kappa shape index (κ1) is 2.97. The van der Waals surface area contributed by atoms with Crippen LogP contribution in [-0.2, 0) is 0 Å². The predicted octanol–water partition coefficient (Wildman–Crippen LogP) is 0.546. The summed E-state index contributed by atoms with van der Waals surface area (Å²) < 4.78 is 0. The van der Waals surface area contributed by atoms with E-state index in [9.17, 15) is 0 Å². The zero-order chi connectivity index (χ0) is 4.20. The third kappa shape index (κ3) is 0.168. The summed E-state index contributed by atoms with van der Waals surface area (Å²) in [5.41, 5.74) is 1.23. The summed E-state index contributed by atoms with van der Waals surface area (Å²) in [7, 11) is 0. The minimum atomic E-state index is 0.431. The van der Waals surface area contributed by atoms with Gasteiger partial charge in [0.2, 0.25) is 0 Å². The van der Waals surface area contributed by atoms with E-state index >= 15 is 0 Å². The number of hydrogen-bond donors (Lipinski definition) is 1. The first-order valence-electron chi connectivity index (χ1n) is 1.95. The second-order valence-corrected chi connectivity index (χ2v) is 2.99. The van der Waals surface area contributed by atoms with Gasteiger partial charge in [-0.25, -0.2) is 0 Å². The van der Waals surface area contributed by atoms with Gasteiger partial charge in [0.25, 0.3) is 0 Å². The quantitative estimate of drug-likeness (QED) is 0.448. The van der Waals surface area contributed by atoms with Crippen molar-refractivity contribution in [3.05, 3.63) is 12.3 Å². The fourth-order valence-electron chi connectivity index (χ4n) is 0.531. The molecule has 0 bridgehead atoms. The van der Waals surface area contributed by atoms with Gasteiger partial charge in [-0.3, -0.25) is 0 Å². The van der Waals surface area contributed by atoms with Crippen LogP contribution < -0.4 is 5.32 Å². The van der Waals surface area contributed by atoms with Crippen LogP contribution in [0.2, 0.25) is 0 Å². The molecule has 1 N–H and O–H groups in total. The van der Waals surface area contributed by atoms with E-state index in [1.807, 2.05) is 11.8 Å². The molecular formula is C4H5NS. The minimum Gasteiger partial charge on any atom is -0.366 e. The Labute approximate surface area is 40.8 Å². The molecule has 2 heterocycles. The Kier molecular flexibility index (Phi) is 0.259. The van der Waals surface area contributed by atoms with Crippen LogP contribution in [0.4, 0.5) is 0 Å². The van der Waals surface area contributed by atoms with E-state index < -0.39 is 0 Å². The Hall–Kier alpha value is -0.110. The number of thioether (sulfide) groups is 1. The highest BCUT2D eigenvalue weighted by Crippen LogP contribution is 2.56. The van der Waals surface area contributed by atoms with Crippen LogP contribution >= 0.6 is 11.8 Å². The highest BCUT2D eigenvalue weighted by atomic mass is 32.2. The Morgan fingerprint density at radius 2 is 2.50 bits per heavy atom. The molecule has 2 rings (SSSR count). The summed E-state index contributed by atoms with van der Waals surface area (Å²) in [6, 6.07) is 0. The molecular weight excluding hydrogens is 94.1 g/mol. The predicted molar refractivity (Wildman–Crippen MR) is 27.5 cm³/mol. The van der Waals surface area contributed by atoms with Crippen molar-refractivity contribution in [2.45, 2.75) is 4.87 Å². The number of nitrogens with one attached hydrogen (secondary N) is 1. The average Bonchev–Trinajstić information content (AvgIpc) is 2.25. The molecule has 2 fully saturated rings. The molecule has 2 saturated heterocycles. The third-order valence-corrected chi connectivity index (χ3v) is 2.43. The van der Waals surface area contributed by atoms with Gasteiger partial charge in [0, 0.05) is 11.4 Å². The van der Waals surface area contributed by atoms with Gasteiger partial charge in [-0.2, -0.15) is 0 Å². The highest BCUT2D eigenvalue weighted by Gasteiger charge is 2.59. The molecule has 0 aromatic heterocycles. The Morgan fingerprint density at radius 1 is 2.00 bits per heavy atom. The Balaban J connectivity index is 2.36. The lowest BCUT2D eigenvalue weighted by molar-refractivity contribution is 1.13. The van der Waals surface area contributed by atoms with Gasteiger partial charge in [0.05, 0.1) is 0 Å². The summed E-state index contributed by atoms with van der Waals surface area (Å²) in [6.45, 7) is 3.75. The van der Waals surface area contributed by atoms with E-state index in [-0.39, 0.29) is 0 Å². The molecule has 0 saturated carbocycles. The molecule has 1 unspecified atom stereocenters. The maximum Gasteiger partial charge on any atom is 0.132 e. The zero-order valence-corrected chi connectivity index (χ0v) is 4.14. The molecule has 1 nitrogen and oxygen atoms in total. The van der Waals surface area contributed by atoms with Crippen LogP contribution in [0.5, 0.6) is 0 Å². The van der Waals surface area contributed by atoms with Crippen molar-refractivity contribution in [2.75, 3.05) is 5.75 Å². The SMILES string of the molecule is C=C1NC12CS2. The van der Waals surface area contributed by atoms with Crippen molar-refractivity contribution >= 4 is 11.8 Å². The van der Waals surface area contributed by atoms with E-state index in [4.69, 9.17) is 0 Å². The molecule has 1 spiro atoms. The Bertz CT molecular complexity index is 115. The monoisotopic (exact) mass is 99.0 g/mol. The third-order valence-electron chi connectivity index (χ3n) is 1.21. The molecule has 2 heteroatoms. The first-order chi connectivity index (χ1) is 2.83. The first-order valence-corrected chi connectivity index (χ1v) is 2.94. The maximum absolute atomic E-state index is 3.75. The van der Waals surface area contributed by atoms with Crippen molar-refractivity contribution in [1.29, 1.82) is 0 Å². The topological polar surface area (TPSA) is 21.9 Å². The zero-order valence-electron chi connectivity index (χ0n) is 3.32. The molecule has 0 amide bonds. The van der Waals surface area contributed by atoms with Gasteiger partial charge in [-0.05, 0) is 0 Å². The van der Waals surface area contributed by atoms with E-state index in [0.29, 0.717) is 4.87 Å². The standard InChI is InChI=1S/C4H5NS/c1-3-4(5-3)2-6-4/h5H,1-2H2. The van der Waals surface area contributed by atoms with E-state index in [1.54, 1.807) is 0 Å². The van der Waals surface area contributed by atoms with Crippen LogP contribution in [0.3, 0.4) is 0 Å². The van der Waals surface area contributed by atoms with E-state index in [2.05, 4.69) is 11.9 Å². The second kappa shape index (κ2) is 0.523. The van der Waals surface area contributed by atoms with Gasteiger partial charge < -0.3 is 5.32 Å². The van der Waals surface area contributed by atoms with Crippen molar-refractivity contribution in [1.82, 2.24) is 5.32 Å². The number of hydrogen-bond acceptors (Lipinski definition) is 2. The van der Waals surface area contributed by atoms with Crippen LogP contribution in [0, 0.1) is 0 Å². The molecule has 0 aromatic rings. The molecule has 0 radical (unpaired) electrons. The van der Waals surface area contributed by atoms with Gasteiger partial charge in [-0.15, -0.1) is 11.8 Å². The molecule has 6 heavy (non-hydrogen) atoms. The van der Waals surface area contributed by atoms with Crippen molar-refractivity contribution < 1.29 is 0 Å². The summed E-state index contributed by atoms with van der Waals surface area (Å²) in [5, 5.41) is 3.15. The number of rotatable bonds is 0. The van der Waals surface area contributed by atoms with Gasteiger partial charge >= 0.3 is 0 Å². The maximum atomic E-state index is 3.75. The molecule has 2 aliphatic heterocycles. The normalized spacial score (nSPS) is 49.0. The summed E-state index contributed by atoms with van der Waals surface area (Å²) in [6.07, 6.45) is 0. The minimum absolute atomic E-state index is 0.431. The van der Waals surface area contributed by atoms with Crippen LogP contribution in [-0.4, -0.2) is 10.6 Å². The van der Waals surface area contributed by atoms with Crippen molar-refractivity contribution in [2.24, 2.45) is 0 Å². The van der Waals surface area contributed by atoms with Crippen LogP contribution in [0.25, 0.3) is 0 Å². The van der Waals surface area contributed by atoms with E-state index in [1.165, 1.54) is 11.4 Å². The average molecular weight is 99.2 g/mol. The summed E-state index contributed by atoms with van der Waals surface area (Å²) in [4.78, 5) is 0.431. The van der Waals surface area contributed by atoms with Crippen LogP contribution in [0.15, 0.2) is 12.3 Å².